The van der Waals surface area contributed by atoms with Gasteiger partial charge in [-0.25, -0.2) is 0 Å². The van der Waals surface area contributed by atoms with Crippen molar-refractivity contribution in [3.05, 3.63) is 0 Å². The molecule has 0 rings (SSSR count). The lowest BCUT2D eigenvalue weighted by atomic mass is 10.3. The largest absolute Gasteiger partial charge is 0.387 e. The number of hydrogen-bond acceptors (Lipinski definition) is 3. The van der Waals surface area contributed by atoms with Gasteiger partial charge in [0.2, 0.25) is 11.8 Å². The van der Waals surface area contributed by atoms with Crippen molar-refractivity contribution >= 4 is 11.8 Å². The zero-order valence-electron chi connectivity index (χ0n) is 8.91. The van der Waals surface area contributed by atoms with Crippen molar-refractivity contribution in [3.63, 3.8) is 0 Å². The van der Waals surface area contributed by atoms with Crippen LogP contribution in [0, 0.1) is 0 Å². The zero-order valence-corrected chi connectivity index (χ0v) is 8.91. The number of aliphatic hydroxyl groups excluding tert-OH is 1. The number of aliphatic hydroxyl groups is 1. The van der Waals surface area contributed by atoms with Crippen LogP contribution in [0.15, 0.2) is 0 Å². The molecule has 5 nitrogen and oxygen atoms in total. The summed E-state index contributed by atoms with van der Waals surface area (Å²) in [4.78, 5) is 23.6. The molecule has 0 heterocycles. The smallest absolute Gasteiger partial charge is 0.248 e. The predicted octanol–water partition coefficient (Wildman–Crippen LogP) is -0.648. The minimum absolute atomic E-state index is 0.00801. The van der Waals surface area contributed by atoms with Crippen molar-refractivity contribution in [1.82, 2.24) is 10.2 Å². The molecular formula is C9H18N2O3. The van der Waals surface area contributed by atoms with Gasteiger partial charge in [-0.3, -0.25) is 9.59 Å². The quantitative estimate of drug-likeness (QED) is 0.622. The number of rotatable bonds is 5. The van der Waals surface area contributed by atoms with Gasteiger partial charge in [0.25, 0.3) is 0 Å². The number of carbonyl (C=O) groups excluding carboxylic acids is 2. The Morgan fingerprint density at radius 1 is 1.43 bits per heavy atom. The fraction of sp³-hybridized carbons (Fsp3) is 0.778. The molecule has 2 amide bonds. The highest BCUT2D eigenvalue weighted by atomic mass is 16.3. The Kier molecular flexibility index (Phi) is 5.87. The van der Waals surface area contributed by atoms with Gasteiger partial charge in [-0.2, -0.15) is 0 Å². The summed E-state index contributed by atoms with van der Waals surface area (Å²) < 4.78 is 0. The second-order valence-corrected chi connectivity index (χ2v) is 3.29. The molecule has 0 aromatic heterocycles. The van der Waals surface area contributed by atoms with E-state index in [0.29, 0.717) is 6.54 Å². The molecule has 82 valence electrons. The molecule has 0 aliphatic heterocycles. The molecule has 0 spiro atoms. The Morgan fingerprint density at radius 3 is 2.36 bits per heavy atom. The second-order valence-electron chi connectivity index (χ2n) is 3.29. The summed E-state index contributed by atoms with van der Waals surface area (Å²) in [6.07, 6.45) is 0. The van der Waals surface area contributed by atoms with Gasteiger partial charge in [0.1, 0.15) is 6.61 Å². The van der Waals surface area contributed by atoms with E-state index in [1.54, 1.807) is 6.92 Å². The van der Waals surface area contributed by atoms with Gasteiger partial charge in [-0.1, -0.05) is 0 Å². The molecule has 0 saturated heterocycles. The van der Waals surface area contributed by atoms with E-state index in [2.05, 4.69) is 5.32 Å². The lowest BCUT2D eigenvalue weighted by molar-refractivity contribution is -0.138. The molecule has 5 heteroatoms. The normalized spacial score (nSPS) is 10.1. The minimum Gasteiger partial charge on any atom is -0.387 e. The summed E-state index contributed by atoms with van der Waals surface area (Å²) >= 11 is 0. The fourth-order valence-corrected chi connectivity index (χ4v) is 1.02. The summed E-state index contributed by atoms with van der Waals surface area (Å²) in [5, 5.41) is 11.3. The van der Waals surface area contributed by atoms with Crippen molar-refractivity contribution < 1.29 is 14.7 Å². The maximum Gasteiger partial charge on any atom is 0.248 e. The van der Waals surface area contributed by atoms with Gasteiger partial charge >= 0.3 is 0 Å². The minimum atomic E-state index is -0.553. The van der Waals surface area contributed by atoms with E-state index >= 15 is 0 Å². The van der Waals surface area contributed by atoms with Crippen molar-refractivity contribution in [1.29, 1.82) is 0 Å². The molecular weight excluding hydrogens is 184 g/mol. The van der Waals surface area contributed by atoms with E-state index < -0.39 is 12.5 Å². The zero-order chi connectivity index (χ0) is 11.1. The van der Waals surface area contributed by atoms with Crippen LogP contribution in [0.1, 0.15) is 20.8 Å². The van der Waals surface area contributed by atoms with Crippen LogP contribution in [0.5, 0.6) is 0 Å². The van der Waals surface area contributed by atoms with Crippen LogP contribution in [-0.2, 0) is 9.59 Å². The first-order valence-electron chi connectivity index (χ1n) is 4.69. The Morgan fingerprint density at radius 2 is 2.00 bits per heavy atom. The van der Waals surface area contributed by atoms with E-state index in [-0.39, 0.29) is 18.5 Å². The molecule has 0 radical (unpaired) electrons. The third-order valence-electron chi connectivity index (χ3n) is 1.65. The van der Waals surface area contributed by atoms with Crippen LogP contribution < -0.4 is 5.32 Å². The lowest BCUT2D eigenvalue weighted by Crippen LogP contribution is -2.43. The first-order valence-corrected chi connectivity index (χ1v) is 4.69. The highest BCUT2D eigenvalue weighted by molar-refractivity contribution is 5.85. The molecule has 0 saturated carbocycles. The molecule has 0 unspecified atom stereocenters. The highest BCUT2D eigenvalue weighted by Crippen LogP contribution is 1.89. The fourth-order valence-electron chi connectivity index (χ4n) is 1.02. The van der Waals surface area contributed by atoms with Gasteiger partial charge < -0.3 is 15.3 Å². The van der Waals surface area contributed by atoms with Gasteiger partial charge in [0.05, 0.1) is 6.54 Å². The molecule has 0 aliphatic carbocycles. The average Bonchev–Trinajstić information content (AvgIpc) is 2.11. The van der Waals surface area contributed by atoms with E-state index in [1.165, 1.54) is 4.90 Å². The van der Waals surface area contributed by atoms with Crippen LogP contribution >= 0.6 is 0 Å². The molecule has 2 N–H and O–H groups in total. The van der Waals surface area contributed by atoms with Crippen LogP contribution in [0.4, 0.5) is 0 Å². The molecule has 0 atom stereocenters. The number of amides is 2. The second kappa shape index (κ2) is 6.37. The first-order chi connectivity index (χ1) is 6.51. The van der Waals surface area contributed by atoms with Crippen LogP contribution in [0.25, 0.3) is 0 Å². The summed E-state index contributed by atoms with van der Waals surface area (Å²) in [5.74, 6) is -0.630. The Hall–Kier alpha value is -1.10. The maximum atomic E-state index is 11.3. The third-order valence-corrected chi connectivity index (χ3v) is 1.65. The topological polar surface area (TPSA) is 69.6 Å². The van der Waals surface area contributed by atoms with Crippen molar-refractivity contribution in [2.75, 3.05) is 19.7 Å². The summed E-state index contributed by atoms with van der Waals surface area (Å²) in [5.41, 5.74) is 0. The van der Waals surface area contributed by atoms with E-state index in [9.17, 15) is 9.59 Å². The Bertz CT molecular complexity index is 204. The predicted molar refractivity (Wildman–Crippen MR) is 52.6 cm³/mol. The van der Waals surface area contributed by atoms with Gasteiger partial charge in [-0.05, 0) is 20.8 Å². The number of likely N-dealkylation sites (N-methyl/N-ethyl adjacent to an activating group) is 1. The summed E-state index contributed by atoms with van der Waals surface area (Å²) in [6, 6.07) is 0.0606. The van der Waals surface area contributed by atoms with E-state index in [4.69, 9.17) is 5.11 Å². The third kappa shape index (κ3) is 4.81. The van der Waals surface area contributed by atoms with E-state index in [1.807, 2.05) is 13.8 Å². The molecule has 0 aromatic rings. The van der Waals surface area contributed by atoms with Gasteiger partial charge in [0.15, 0.2) is 0 Å². The first kappa shape index (κ1) is 12.9. The van der Waals surface area contributed by atoms with E-state index in [0.717, 1.165) is 0 Å². The van der Waals surface area contributed by atoms with Crippen molar-refractivity contribution in [3.8, 4) is 0 Å². The monoisotopic (exact) mass is 202 g/mol. The molecule has 0 bridgehead atoms. The summed E-state index contributed by atoms with van der Waals surface area (Å²) in [6.45, 7) is 5.34. The van der Waals surface area contributed by atoms with Crippen molar-refractivity contribution in [2.45, 2.75) is 26.8 Å². The average molecular weight is 202 g/mol. The number of nitrogens with one attached hydrogen (secondary N) is 1. The van der Waals surface area contributed by atoms with Crippen LogP contribution in [0.3, 0.4) is 0 Å². The van der Waals surface area contributed by atoms with Gasteiger partial charge in [-0.15, -0.1) is 0 Å². The van der Waals surface area contributed by atoms with Gasteiger partial charge in [0, 0.05) is 12.6 Å². The molecule has 14 heavy (non-hydrogen) atoms. The van der Waals surface area contributed by atoms with Crippen molar-refractivity contribution in [2.24, 2.45) is 0 Å². The Balaban J connectivity index is 4.05. The lowest BCUT2D eigenvalue weighted by Gasteiger charge is -2.19. The highest BCUT2D eigenvalue weighted by Gasteiger charge is 2.14. The Labute approximate surface area is 84.1 Å². The molecule has 0 aromatic carbocycles. The number of nitrogens with zero attached hydrogens (tertiary/aromatic N) is 1. The molecule has 0 fully saturated rings. The van der Waals surface area contributed by atoms with Crippen LogP contribution in [0.2, 0.25) is 0 Å². The number of carbonyl (C=O) groups is 2. The SMILES string of the molecule is CCN(CC(=O)NC(C)C)C(=O)CO. The van der Waals surface area contributed by atoms with Crippen LogP contribution in [-0.4, -0.2) is 47.6 Å². The maximum absolute atomic E-state index is 11.3. The standard InChI is InChI=1S/C9H18N2O3/c1-4-11(9(14)6-12)5-8(13)10-7(2)3/h7,12H,4-6H2,1-3H3,(H,10,13). The number of hydrogen-bond donors (Lipinski definition) is 2. The summed E-state index contributed by atoms with van der Waals surface area (Å²) in [7, 11) is 0. The molecule has 0 aliphatic rings.